The zero-order chi connectivity index (χ0) is 50.0. The van der Waals surface area contributed by atoms with Crippen LogP contribution < -0.4 is 9.80 Å². The van der Waals surface area contributed by atoms with E-state index >= 15 is 8.78 Å². The maximum absolute atomic E-state index is 17.3. The van der Waals surface area contributed by atoms with E-state index in [2.05, 4.69) is 195 Å². The van der Waals surface area contributed by atoms with Gasteiger partial charge in [-0.3, -0.25) is 0 Å². The molecule has 0 saturated carbocycles. The summed E-state index contributed by atoms with van der Waals surface area (Å²) in [6.45, 7) is 9.14. The number of fused-ring (bicyclic) bond motifs is 6. The summed E-state index contributed by atoms with van der Waals surface area (Å²) in [5.41, 5.74) is 17.1. The van der Waals surface area contributed by atoms with Crippen LogP contribution in [0, 0.1) is 11.6 Å². The molecular formula is C70H50F2N2. The molecule has 2 aliphatic carbocycles. The summed E-state index contributed by atoms with van der Waals surface area (Å²) in [6.07, 6.45) is 0. The Bertz CT molecular complexity index is 3960. The molecule has 0 amide bonds. The van der Waals surface area contributed by atoms with E-state index in [1.807, 2.05) is 60.7 Å². The summed E-state index contributed by atoms with van der Waals surface area (Å²) in [5, 5.41) is 6.18. The zero-order valence-corrected chi connectivity index (χ0v) is 41.6. The monoisotopic (exact) mass is 956 g/mol. The van der Waals surface area contributed by atoms with Gasteiger partial charge in [0.05, 0.1) is 34.1 Å². The van der Waals surface area contributed by atoms with Crippen LogP contribution in [0.3, 0.4) is 0 Å². The van der Waals surface area contributed by atoms with Crippen LogP contribution in [-0.2, 0) is 10.8 Å². The minimum absolute atomic E-state index is 0.278. The van der Waals surface area contributed by atoms with E-state index in [0.29, 0.717) is 11.4 Å². The number of anilines is 6. The Balaban J connectivity index is 1.05. The molecule has 354 valence electrons. The lowest BCUT2D eigenvalue weighted by molar-refractivity contribution is 0.628. The molecule has 12 aromatic carbocycles. The highest BCUT2D eigenvalue weighted by atomic mass is 19.1. The van der Waals surface area contributed by atoms with Crippen molar-refractivity contribution >= 4 is 66.4 Å². The van der Waals surface area contributed by atoms with E-state index < -0.39 is 0 Å². The average molecular weight is 957 g/mol. The van der Waals surface area contributed by atoms with Crippen molar-refractivity contribution in [1.82, 2.24) is 0 Å². The first-order valence-electron chi connectivity index (χ1n) is 25.6. The van der Waals surface area contributed by atoms with Crippen LogP contribution in [0.15, 0.2) is 231 Å². The molecule has 2 nitrogen and oxygen atoms in total. The van der Waals surface area contributed by atoms with E-state index in [9.17, 15) is 0 Å². The quantitative estimate of drug-likeness (QED) is 0.140. The fraction of sp³-hybridized carbons (Fsp3) is 0.0857. The van der Waals surface area contributed by atoms with Crippen LogP contribution in [0.25, 0.3) is 76.8 Å². The van der Waals surface area contributed by atoms with Gasteiger partial charge in [0.2, 0.25) is 0 Å². The molecule has 0 aliphatic heterocycles. The minimum atomic E-state index is -0.323. The van der Waals surface area contributed by atoms with Crippen LogP contribution in [0.4, 0.5) is 42.9 Å². The third kappa shape index (κ3) is 6.40. The van der Waals surface area contributed by atoms with Crippen molar-refractivity contribution in [3.8, 4) is 44.5 Å². The molecule has 74 heavy (non-hydrogen) atoms. The van der Waals surface area contributed by atoms with Gasteiger partial charge in [-0.25, -0.2) is 8.78 Å². The fourth-order valence-corrected chi connectivity index (χ4v) is 12.8. The third-order valence-corrected chi connectivity index (χ3v) is 16.3. The second-order valence-electron chi connectivity index (χ2n) is 21.1. The van der Waals surface area contributed by atoms with Crippen molar-refractivity contribution in [2.75, 3.05) is 9.80 Å². The van der Waals surface area contributed by atoms with Gasteiger partial charge >= 0.3 is 0 Å². The SMILES string of the molecule is CC1(C)c2ccccc2-c2c(N(c3cc(-c4ccccc4)ccc3F)c3ccc4ccc5c(N(c6cc(-c7ccccc7)ccc6F)c6cccc7c6-c6ccccc6C7(C)C)ccc6ccc3c4c65)cccc21. The summed E-state index contributed by atoms with van der Waals surface area (Å²) in [6, 6.07) is 79.1. The van der Waals surface area contributed by atoms with Crippen LogP contribution in [0.2, 0.25) is 0 Å². The molecule has 2 aliphatic rings. The summed E-state index contributed by atoms with van der Waals surface area (Å²) in [5.74, 6) is -0.646. The second-order valence-corrected chi connectivity index (χ2v) is 21.1. The Kier molecular flexibility index (Phi) is 9.68. The standard InChI is InChI=1S/C70H50F2N2/c1-69(2)53-23-13-11-21-49(53)67-55(69)25-15-27-61(67)73(63-41-47(31-37-57(63)71)43-17-7-5-8-18-43)59-39-33-45-30-36-52-60(40-34-46-29-35-51(59)65(45)66(46)52)74(64-42-48(32-38-58(64)72)44-19-9-6-10-20-44)62-28-16-26-56-68(62)50-22-12-14-24-54(50)70(56,3)4/h5-42H,1-4H3. The summed E-state index contributed by atoms with van der Waals surface area (Å²) in [7, 11) is 0. The maximum atomic E-state index is 17.3. The van der Waals surface area contributed by atoms with Crippen molar-refractivity contribution in [3.63, 3.8) is 0 Å². The van der Waals surface area contributed by atoms with Crippen molar-refractivity contribution in [3.05, 3.63) is 264 Å². The summed E-state index contributed by atoms with van der Waals surface area (Å²) < 4.78 is 34.6. The third-order valence-electron chi connectivity index (χ3n) is 16.3. The van der Waals surface area contributed by atoms with Gasteiger partial charge in [-0.2, -0.15) is 0 Å². The molecule has 4 heteroatoms. The summed E-state index contributed by atoms with van der Waals surface area (Å²) >= 11 is 0. The molecular weight excluding hydrogens is 907 g/mol. The predicted molar refractivity (Wildman–Crippen MR) is 305 cm³/mol. The average Bonchev–Trinajstić information content (AvgIpc) is 3.91. The molecule has 0 atom stereocenters. The minimum Gasteiger partial charge on any atom is -0.306 e. The number of nitrogens with zero attached hydrogens (tertiary/aromatic N) is 2. The lowest BCUT2D eigenvalue weighted by Gasteiger charge is -2.32. The first-order valence-corrected chi connectivity index (χ1v) is 25.6. The van der Waals surface area contributed by atoms with Gasteiger partial charge in [-0.05, 0) is 126 Å². The highest BCUT2D eigenvalue weighted by Crippen LogP contribution is 2.58. The number of hydrogen-bond acceptors (Lipinski definition) is 2. The Morgan fingerprint density at radius 2 is 0.676 bits per heavy atom. The van der Waals surface area contributed by atoms with Gasteiger partial charge in [0.15, 0.2) is 0 Å². The number of hydrogen-bond donors (Lipinski definition) is 0. The normalized spacial score (nSPS) is 13.8. The molecule has 0 N–H and O–H groups in total. The van der Waals surface area contributed by atoms with E-state index in [4.69, 9.17) is 0 Å². The smallest absolute Gasteiger partial charge is 0.147 e. The van der Waals surface area contributed by atoms with Crippen LogP contribution in [0.1, 0.15) is 49.9 Å². The van der Waals surface area contributed by atoms with Gasteiger partial charge in [-0.15, -0.1) is 0 Å². The molecule has 0 unspecified atom stereocenters. The maximum Gasteiger partial charge on any atom is 0.147 e. The molecule has 0 spiro atoms. The topological polar surface area (TPSA) is 6.48 Å². The van der Waals surface area contributed by atoms with Gasteiger partial charge in [-0.1, -0.05) is 210 Å². The lowest BCUT2D eigenvalue weighted by Crippen LogP contribution is -2.17. The van der Waals surface area contributed by atoms with Crippen molar-refractivity contribution in [1.29, 1.82) is 0 Å². The molecule has 0 saturated heterocycles. The van der Waals surface area contributed by atoms with E-state index in [1.165, 1.54) is 22.3 Å². The second kappa shape index (κ2) is 16.3. The fourth-order valence-electron chi connectivity index (χ4n) is 12.8. The van der Waals surface area contributed by atoms with Crippen LogP contribution in [0.5, 0.6) is 0 Å². The Labute approximate surface area is 430 Å². The van der Waals surface area contributed by atoms with E-state index in [-0.39, 0.29) is 22.5 Å². The van der Waals surface area contributed by atoms with Gasteiger partial charge in [0.25, 0.3) is 0 Å². The van der Waals surface area contributed by atoms with Crippen LogP contribution in [-0.4, -0.2) is 0 Å². The Hall–Kier alpha value is -8.86. The lowest BCUT2D eigenvalue weighted by atomic mass is 9.82. The van der Waals surface area contributed by atoms with Crippen molar-refractivity contribution < 1.29 is 8.78 Å². The van der Waals surface area contributed by atoms with Crippen LogP contribution >= 0.6 is 0 Å². The predicted octanol–water partition coefficient (Wildman–Crippen LogP) is 19.7. The van der Waals surface area contributed by atoms with Crippen molar-refractivity contribution in [2.45, 2.75) is 38.5 Å². The van der Waals surface area contributed by atoms with E-state index in [1.54, 1.807) is 12.1 Å². The molecule has 0 fully saturated rings. The Morgan fingerprint density at radius 3 is 1.11 bits per heavy atom. The molecule has 0 aromatic heterocycles. The first kappa shape index (κ1) is 43.9. The molecule has 0 bridgehead atoms. The van der Waals surface area contributed by atoms with Gasteiger partial charge in [0, 0.05) is 32.7 Å². The van der Waals surface area contributed by atoms with E-state index in [0.717, 1.165) is 99.6 Å². The number of halogens is 2. The first-order chi connectivity index (χ1) is 36.1. The number of benzene rings is 12. The number of rotatable bonds is 8. The van der Waals surface area contributed by atoms with Gasteiger partial charge in [0.1, 0.15) is 11.6 Å². The highest BCUT2D eigenvalue weighted by molar-refractivity contribution is 6.28. The molecule has 12 aromatic rings. The summed E-state index contributed by atoms with van der Waals surface area (Å²) in [4.78, 5) is 4.32. The van der Waals surface area contributed by atoms with Gasteiger partial charge < -0.3 is 9.80 Å². The highest BCUT2D eigenvalue weighted by Gasteiger charge is 2.40. The zero-order valence-electron chi connectivity index (χ0n) is 41.6. The molecule has 0 heterocycles. The molecule has 14 rings (SSSR count). The Morgan fingerprint density at radius 1 is 0.297 bits per heavy atom. The molecule has 0 radical (unpaired) electrons. The van der Waals surface area contributed by atoms with Crippen molar-refractivity contribution in [2.24, 2.45) is 0 Å². The largest absolute Gasteiger partial charge is 0.306 e.